The number of carbonyl (C=O) groups excluding carboxylic acids is 1. The SMILES string of the molecule is COc1ccc2nc3c(cc2c1)CN(C1CCC1)C(=O)[C@@H](C)O3. The van der Waals surface area contributed by atoms with Crippen LogP contribution in [0.5, 0.6) is 11.6 Å². The molecule has 0 unspecified atom stereocenters. The molecule has 1 saturated carbocycles. The number of benzene rings is 1. The van der Waals surface area contributed by atoms with E-state index >= 15 is 0 Å². The van der Waals surface area contributed by atoms with Gasteiger partial charge in [0.05, 0.1) is 19.2 Å². The van der Waals surface area contributed by atoms with E-state index in [9.17, 15) is 4.79 Å². The van der Waals surface area contributed by atoms with Gasteiger partial charge in [-0.25, -0.2) is 4.98 Å². The van der Waals surface area contributed by atoms with Crippen molar-refractivity contribution in [2.24, 2.45) is 0 Å². The molecule has 23 heavy (non-hydrogen) atoms. The molecule has 2 aliphatic rings. The van der Waals surface area contributed by atoms with Crippen molar-refractivity contribution in [2.75, 3.05) is 7.11 Å². The van der Waals surface area contributed by atoms with Crippen molar-refractivity contribution in [1.29, 1.82) is 0 Å². The van der Waals surface area contributed by atoms with Crippen molar-refractivity contribution < 1.29 is 14.3 Å². The summed E-state index contributed by atoms with van der Waals surface area (Å²) >= 11 is 0. The number of carbonyl (C=O) groups is 1. The maximum Gasteiger partial charge on any atom is 0.263 e. The molecule has 4 rings (SSSR count). The Morgan fingerprint density at radius 1 is 1.30 bits per heavy atom. The topological polar surface area (TPSA) is 51.7 Å². The molecule has 1 aromatic heterocycles. The average molecular weight is 312 g/mol. The van der Waals surface area contributed by atoms with Crippen LogP contribution in [0.3, 0.4) is 0 Å². The number of methoxy groups -OCH3 is 1. The first kappa shape index (κ1) is 14.3. The van der Waals surface area contributed by atoms with Crippen LogP contribution < -0.4 is 9.47 Å². The smallest absolute Gasteiger partial charge is 0.263 e. The molecule has 0 spiro atoms. The maximum absolute atomic E-state index is 12.6. The molecule has 5 heteroatoms. The van der Waals surface area contributed by atoms with E-state index in [1.165, 1.54) is 6.42 Å². The minimum atomic E-state index is -0.486. The second kappa shape index (κ2) is 5.41. The van der Waals surface area contributed by atoms with Crippen LogP contribution in [0.15, 0.2) is 24.3 Å². The summed E-state index contributed by atoms with van der Waals surface area (Å²) in [6.45, 7) is 2.38. The van der Waals surface area contributed by atoms with Crippen LogP contribution in [0.4, 0.5) is 0 Å². The number of ether oxygens (including phenoxy) is 2. The van der Waals surface area contributed by atoms with E-state index in [-0.39, 0.29) is 5.91 Å². The molecule has 1 atom stereocenters. The first-order valence-electron chi connectivity index (χ1n) is 8.10. The number of aromatic nitrogens is 1. The van der Waals surface area contributed by atoms with Crippen LogP contribution in [-0.4, -0.2) is 35.0 Å². The molecule has 1 amide bonds. The zero-order valence-electron chi connectivity index (χ0n) is 13.4. The van der Waals surface area contributed by atoms with Crippen LogP contribution in [0.25, 0.3) is 10.9 Å². The van der Waals surface area contributed by atoms with Crippen molar-refractivity contribution in [2.45, 2.75) is 44.9 Å². The summed E-state index contributed by atoms with van der Waals surface area (Å²) in [5.74, 6) is 1.44. The van der Waals surface area contributed by atoms with Gasteiger partial charge in [0.2, 0.25) is 5.88 Å². The van der Waals surface area contributed by atoms with Gasteiger partial charge in [0.25, 0.3) is 5.91 Å². The van der Waals surface area contributed by atoms with Gasteiger partial charge in [-0.05, 0) is 50.5 Å². The number of nitrogens with zero attached hydrogens (tertiary/aromatic N) is 2. The van der Waals surface area contributed by atoms with Crippen LogP contribution in [-0.2, 0) is 11.3 Å². The molecule has 1 fully saturated rings. The van der Waals surface area contributed by atoms with E-state index in [2.05, 4.69) is 11.1 Å². The van der Waals surface area contributed by atoms with E-state index in [4.69, 9.17) is 9.47 Å². The monoisotopic (exact) mass is 312 g/mol. The molecule has 0 saturated heterocycles. The lowest BCUT2D eigenvalue weighted by Crippen LogP contribution is -2.47. The van der Waals surface area contributed by atoms with Crippen LogP contribution in [0.2, 0.25) is 0 Å². The first-order chi connectivity index (χ1) is 11.2. The van der Waals surface area contributed by atoms with Gasteiger partial charge in [-0.1, -0.05) is 0 Å². The van der Waals surface area contributed by atoms with E-state index in [1.54, 1.807) is 7.11 Å². The third-order valence-electron chi connectivity index (χ3n) is 4.84. The predicted molar refractivity (Wildman–Crippen MR) is 86.6 cm³/mol. The fraction of sp³-hybridized carbons (Fsp3) is 0.444. The minimum absolute atomic E-state index is 0.0642. The molecule has 120 valence electrons. The highest BCUT2D eigenvalue weighted by Crippen LogP contribution is 2.33. The van der Waals surface area contributed by atoms with E-state index in [0.717, 1.165) is 35.1 Å². The van der Waals surface area contributed by atoms with Crippen LogP contribution >= 0.6 is 0 Å². The third-order valence-corrected chi connectivity index (χ3v) is 4.84. The lowest BCUT2D eigenvalue weighted by atomic mass is 9.91. The lowest BCUT2D eigenvalue weighted by molar-refractivity contribution is -0.141. The Labute approximate surface area is 135 Å². The highest BCUT2D eigenvalue weighted by Gasteiger charge is 2.35. The summed E-state index contributed by atoms with van der Waals surface area (Å²) in [4.78, 5) is 19.2. The molecule has 1 aliphatic carbocycles. The average Bonchev–Trinajstić information content (AvgIpc) is 2.61. The highest BCUT2D eigenvalue weighted by molar-refractivity contribution is 5.84. The van der Waals surface area contributed by atoms with Crippen molar-refractivity contribution in [3.8, 4) is 11.6 Å². The predicted octanol–water partition coefficient (Wildman–Crippen LogP) is 2.91. The third kappa shape index (κ3) is 2.40. The zero-order chi connectivity index (χ0) is 16.0. The highest BCUT2D eigenvalue weighted by atomic mass is 16.5. The van der Waals surface area contributed by atoms with Gasteiger partial charge in [0.1, 0.15) is 5.75 Å². The maximum atomic E-state index is 12.6. The zero-order valence-corrected chi connectivity index (χ0v) is 13.4. The Morgan fingerprint density at radius 2 is 2.13 bits per heavy atom. The van der Waals surface area contributed by atoms with Gasteiger partial charge in [-0.15, -0.1) is 0 Å². The number of fused-ring (bicyclic) bond motifs is 2. The first-order valence-corrected chi connectivity index (χ1v) is 8.10. The minimum Gasteiger partial charge on any atom is -0.497 e. The quantitative estimate of drug-likeness (QED) is 0.855. The number of pyridine rings is 1. The van der Waals surface area contributed by atoms with Gasteiger partial charge in [-0.2, -0.15) is 0 Å². The van der Waals surface area contributed by atoms with Crippen molar-refractivity contribution >= 4 is 16.8 Å². The van der Waals surface area contributed by atoms with Gasteiger partial charge in [-0.3, -0.25) is 4.79 Å². The van der Waals surface area contributed by atoms with Gasteiger partial charge in [0, 0.05) is 17.0 Å². The summed E-state index contributed by atoms with van der Waals surface area (Å²) < 4.78 is 11.1. The van der Waals surface area contributed by atoms with E-state index < -0.39 is 6.10 Å². The summed E-state index contributed by atoms with van der Waals surface area (Å²) in [5.41, 5.74) is 1.82. The number of hydrogen-bond acceptors (Lipinski definition) is 4. The molecule has 1 aliphatic heterocycles. The number of hydrogen-bond donors (Lipinski definition) is 0. The standard InChI is InChI=1S/C18H20N2O3/c1-11-18(21)20(14-4-3-5-14)10-13-8-12-9-15(22-2)6-7-16(12)19-17(13)23-11/h6-9,11,14H,3-5,10H2,1-2H3/t11-/m1/s1. The van der Waals surface area contributed by atoms with E-state index in [0.29, 0.717) is 18.5 Å². The van der Waals surface area contributed by atoms with Gasteiger partial charge >= 0.3 is 0 Å². The van der Waals surface area contributed by atoms with Crippen molar-refractivity contribution in [3.05, 3.63) is 29.8 Å². The molecule has 0 N–H and O–H groups in total. The largest absolute Gasteiger partial charge is 0.497 e. The Morgan fingerprint density at radius 3 is 2.83 bits per heavy atom. The summed E-state index contributed by atoms with van der Waals surface area (Å²) in [6.07, 6.45) is 2.88. The normalized spacial score (nSPS) is 21.4. The van der Waals surface area contributed by atoms with Crippen molar-refractivity contribution in [1.82, 2.24) is 9.88 Å². The second-order valence-electron chi connectivity index (χ2n) is 6.32. The molecule has 5 nitrogen and oxygen atoms in total. The lowest BCUT2D eigenvalue weighted by Gasteiger charge is -2.37. The molecule has 1 aromatic carbocycles. The molecule has 0 radical (unpaired) electrons. The number of amides is 1. The van der Waals surface area contributed by atoms with Gasteiger partial charge in [0.15, 0.2) is 6.10 Å². The van der Waals surface area contributed by atoms with Gasteiger partial charge < -0.3 is 14.4 Å². The van der Waals surface area contributed by atoms with Crippen LogP contribution in [0, 0.1) is 0 Å². The summed E-state index contributed by atoms with van der Waals surface area (Å²) in [6, 6.07) is 8.18. The molecular formula is C18H20N2O3. The summed E-state index contributed by atoms with van der Waals surface area (Å²) in [7, 11) is 1.65. The molecule has 2 heterocycles. The Hall–Kier alpha value is -2.30. The Balaban J connectivity index is 1.78. The Kier molecular flexibility index (Phi) is 3.36. The number of rotatable bonds is 2. The Bertz CT molecular complexity index is 770. The second-order valence-corrected chi connectivity index (χ2v) is 6.32. The van der Waals surface area contributed by atoms with E-state index in [1.807, 2.05) is 30.0 Å². The fourth-order valence-electron chi connectivity index (χ4n) is 3.24. The molecule has 2 aromatic rings. The van der Waals surface area contributed by atoms with Crippen LogP contribution in [0.1, 0.15) is 31.7 Å². The fourth-order valence-corrected chi connectivity index (χ4v) is 3.24. The summed E-state index contributed by atoms with van der Waals surface area (Å²) in [5, 5.41) is 1.00. The molecular weight excluding hydrogens is 292 g/mol. The molecule has 0 bridgehead atoms. The van der Waals surface area contributed by atoms with Crippen molar-refractivity contribution in [3.63, 3.8) is 0 Å².